The Morgan fingerprint density at radius 3 is 1.75 bits per heavy atom. The number of H-pyrrole nitrogens is 1. The summed E-state index contributed by atoms with van der Waals surface area (Å²) in [5, 5.41) is 0. The molecule has 0 saturated carbocycles. The van der Waals surface area contributed by atoms with Gasteiger partial charge in [-0.2, -0.15) is 0 Å². The van der Waals surface area contributed by atoms with Crippen LogP contribution < -0.4 is 0 Å². The first-order valence-corrected chi connectivity index (χ1v) is 10.2. The Bertz CT molecular complexity index is 1460. The topological polar surface area (TPSA) is 59.4 Å². The Balaban J connectivity index is 0.00000216. The first kappa shape index (κ1) is 20.3. The van der Waals surface area contributed by atoms with Gasteiger partial charge in [0, 0.05) is 47.7 Å². The molecule has 2 aliphatic rings. The molecule has 6 rings (SSSR count). The molecule has 5 nitrogen and oxygen atoms in total. The van der Waals surface area contributed by atoms with E-state index in [2.05, 4.69) is 63.9 Å². The van der Waals surface area contributed by atoms with E-state index in [9.17, 15) is 0 Å². The van der Waals surface area contributed by atoms with Crippen LogP contribution in [0, 0.1) is 6.92 Å². The number of aromatic nitrogens is 5. The van der Waals surface area contributed by atoms with Gasteiger partial charge in [0.1, 0.15) is 5.82 Å². The van der Waals surface area contributed by atoms with Crippen LogP contribution in [0.3, 0.4) is 0 Å². The van der Waals surface area contributed by atoms with Crippen LogP contribution in [0.2, 0.25) is 0 Å². The second-order valence-electron chi connectivity index (χ2n) is 7.70. The van der Waals surface area contributed by atoms with Gasteiger partial charge in [0.2, 0.25) is 0 Å². The minimum absolute atomic E-state index is 0. The van der Waals surface area contributed by atoms with Crippen LogP contribution in [-0.4, -0.2) is 24.5 Å². The van der Waals surface area contributed by atoms with Gasteiger partial charge in [-0.05, 0) is 91.4 Å². The first-order valence-electron chi connectivity index (χ1n) is 10.2. The summed E-state index contributed by atoms with van der Waals surface area (Å²) in [5.74, 6) is 0.903. The molecule has 0 saturated heterocycles. The summed E-state index contributed by atoms with van der Waals surface area (Å²) >= 11 is 0. The number of nitrogens with one attached hydrogen (secondary N) is 1. The minimum Gasteiger partial charge on any atom is -0.355 e. The smallest absolute Gasteiger partial charge is 0.140 e. The Morgan fingerprint density at radius 2 is 1.22 bits per heavy atom. The number of aryl methyl sites for hydroxylation is 1. The molecular formula is C26H19N5Zn. The van der Waals surface area contributed by atoms with Crippen molar-refractivity contribution in [3.8, 4) is 5.82 Å². The van der Waals surface area contributed by atoms with Gasteiger partial charge in [-0.1, -0.05) is 6.07 Å². The van der Waals surface area contributed by atoms with Crippen LogP contribution in [0.25, 0.3) is 52.2 Å². The van der Waals surface area contributed by atoms with Crippen LogP contribution in [0.15, 0.2) is 66.9 Å². The molecule has 2 aliphatic heterocycles. The molecule has 4 aromatic heterocycles. The Labute approximate surface area is 198 Å². The third-order valence-electron chi connectivity index (χ3n) is 5.43. The number of pyridine rings is 1. The second kappa shape index (κ2) is 8.14. The summed E-state index contributed by atoms with van der Waals surface area (Å²) in [4.78, 5) is 17.6. The zero-order chi connectivity index (χ0) is 20.8. The monoisotopic (exact) mass is 465 g/mol. The van der Waals surface area contributed by atoms with Gasteiger partial charge in [-0.3, -0.25) is 4.57 Å². The van der Waals surface area contributed by atoms with Crippen molar-refractivity contribution in [2.75, 3.05) is 0 Å². The van der Waals surface area contributed by atoms with Gasteiger partial charge in [0.05, 0.1) is 22.8 Å². The third kappa shape index (κ3) is 3.74. The first-order chi connectivity index (χ1) is 15.2. The largest absolute Gasteiger partial charge is 0.355 e. The van der Waals surface area contributed by atoms with Gasteiger partial charge in [0.25, 0.3) is 0 Å². The standard InChI is InChI=1S/C26H19N5.Zn/c1-17-3-2-12-27-26(17)31-24-10-11-25(31)16-23-9-7-21(30-23)14-19-5-4-18(28-19)13-20-6-8-22(15-24)29-20;/h2-16,28H,1H3;. The van der Waals surface area contributed by atoms with E-state index in [-0.39, 0.29) is 19.5 Å². The summed E-state index contributed by atoms with van der Waals surface area (Å²) in [6.45, 7) is 2.08. The maximum atomic E-state index is 4.78. The minimum atomic E-state index is 0. The average Bonchev–Trinajstić information content (AvgIpc) is 3.54. The fourth-order valence-corrected chi connectivity index (χ4v) is 3.98. The van der Waals surface area contributed by atoms with E-state index in [0.717, 1.165) is 56.2 Å². The fourth-order valence-electron chi connectivity index (χ4n) is 3.98. The van der Waals surface area contributed by atoms with Crippen LogP contribution in [-0.2, 0) is 19.5 Å². The SMILES string of the molecule is Cc1cccnc1-n1c2ccc1cc1nc(cc3ccc(cc4nc(c2)C=C4)[nH]3)C=C1.[Zn]. The summed E-state index contributed by atoms with van der Waals surface area (Å²) in [6.07, 6.45) is 9.97. The van der Waals surface area contributed by atoms with Gasteiger partial charge in [0.15, 0.2) is 0 Å². The van der Waals surface area contributed by atoms with Crippen LogP contribution in [0.4, 0.5) is 0 Å². The van der Waals surface area contributed by atoms with E-state index >= 15 is 0 Å². The van der Waals surface area contributed by atoms with Gasteiger partial charge in [-0.25, -0.2) is 15.0 Å². The van der Waals surface area contributed by atoms with Crippen molar-refractivity contribution in [1.82, 2.24) is 24.5 Å². The third-order valence-corrected chi connectivity index (χ3v) is 5.43. The van der Waals surface area contributed by atoms with Gasteiger partial charge in [-0.15, -0.1) is 0 Å². The molecule has 0 atom stereocenters. The maximum Gasteiger partial charge on any atom is 0.140 e. The van der Waals surface area contributed by atoms with Crippen molar-refractivity contribution in [3.63, 3.8) is 0 Å². The number of aromatic amines is 1. The Morgan fingerprint density at radius 1 is 0.688 bits per heavy atom. The molecular weight excluding hydrogens is 448 g/mol. The molecule has 32 heavy (non-hydrogen) atoms. The molecule has 150 valence electrons. The fraction of sp³-hybridized carbons (Fsp3) is 0.0385. The normalized spacial score (nSPS) is 12.0. The van der Waals surface area contributed by atoms with E-state index < -0.39 is 0 Å². The van der Waals surface area contributed by atoms with Crippen molar-refractivity contribution in [2.24, 2.45) is 0 Å². The average molecular weight is 467 g/mol. The maximum absolute atomic E-state index is 4.78. The predicted octanol–water partition coefficient (Wildman–Crippen LogP) is 5.82. The van der Waals surface area contributed by atoms with Crippen molar-refractivity contribution in [1.29, 1.82) is 0 Å². The molecule has 0 fully saturated rings. The Kier molecular flexibility index (Phi) is 5.16. The molecule has 0 radical (unpaired) electrons. The quantitative estimate of drug-likeness (QED) is 0.311. The zero-order valence-electron chi connectivity index (χ0n) is 17.7. The molecule has 1 N–H and O–H groups in total. The number of hydrogen-bond donors (Lipinski definition) is 1. The number of hydrogen-bond acceptors (Lipinski definition) is 3. The summed E-state index contributed by atoms with van der Waals surface area (Å²) in [5.41, 5.74) is 8.81. The van der Waals surface area contributed by atoms with Crippen molar-refractivity contribution < 1.29 is 19.5 Å². The van der Waals surface area contributed by atoms with Gasteiger partial charge < -0.3 is 4.98 Å². The molecule has 4 aromatic rings. The van der Waals surface area contributed by atoms with E-state index in [0.29, 0.717) is 0 Å². The van der Waals surface area contributed by atoms with E-state index in [4.69, 9.17) is 9.97 Å². The molecule has 0 aromatic carbocycles. The van der Waals surface area contributed by atoms with E-state index in [1.54, 1.807) is 0 Å². The number of nitrogens with zero attached hydrogens (tertiary/aromatic N) is 4. The zero-order valence-corrected chi connectivity index (χ0v) is 20.6. The molecule has 8 bridgehead atoms. The summed E-state index contributed by atoms with van der Waals surface area (Å²) in [6, 6.07) is 20.6. The number of fused-ring (bicyclic) bond motifs is 8. The van der Waals surface area contributed by atoms with Crippen LogP contribution in [0.1, 0.15) is 28.3 Å². The predicted molar refractivity (Wildman–Crippen MR) is 126 cm³/mol. The van der Waals surface area contributed by atoms with E-state index in [1.165, 1.54) is 0 Å². The molecule has 0 spiro atoms. The molecule has 6 heterocycles. The van der Waals surface area contributed by atoms with Crippen LogP contribution >= 0.6 is 0 Å². The van der Waals surface area contributed by atoms with Crippen molar-refractivity contribution in [2.45, 2.75) is 6.92 Å². The molecule has 0 unspecified atom stereocenters. The number of rotatable bonds is 1. The Hall–Kier alpha value is -3.63. The molecule has 6 heteroatoms. The van der Waals surface area contributed by atoms with Crippen molar-refractivity contribution >= 4 is 46.4 Å². The molecule has 0 aliphatic carbocycles. The second-order valence-corrected chi connectivity index (χ2v) is 7.70. The van der Waals surface area contributed by atoms with Gasteiger partial charge >= 0.3 is 0 Å². The van der Waals surface area contributed by atoms with Crippen molar-refractivity contribution in [3.05, 3.63) is 95.2 Å². The van der Waals surface area contributed by atoms with Crippen LogP contribution in [0.5, 0.6) is 0 Å². The molecule has 0 amide bonds. The summed E-state index contributed by atoms with van der Waals surface area (Å²) < 4.78 is 2.16. The van der Waals surface area contributed by atoms with E-state index in [1.807, 2.05) is 48.7 Å². The summed E-state index contributed by atoms with van der Waals surface area (Å²) in [7, 11) is 0.